The maximum atomic E-state index is 12.6. The summed E-state index contributed by atoms with van der Waals surface area (Å²) in [6, 6.07) is 15.5. The minimum Gasteiger partial charge on any atom is -0.478 e. The van der Waals surface area contributed by atoms with E-state index in [2.05, 4.69) is 31.2 Å². The fourth-order valence-electron chi connectivity index (χ4n) is 3.32. The first-order valence-electron chi connectivity index (χ1n) is 9.64. The Morgan fingerprint density at radius 3 is 2.41 bits per heavy atom. The summed E-state index contributed by atoms with van der Waals surface area (Å²) in [5.41, 5.74) is 6.58. The van der Waals surface area contributed by atoms with Crippen LogP contribution in [0.1, 0.15) is 37.7 Å². The molecule has 0 saturated heterocycles. The quantitative estimate of drug-likeness (QED) is 0.318. The molecule has 4 aromatic rings. The van der Waals surface area contributed by atoms with Crippen LogP contribution in [-0.2, 0) is 0 Å². The second-order valence-electron chi connectivity index (χ2n) is 7.05. The first-order valence-corrected chi connectivity index (χ1v) is 9.64. The lowest BCUT2D eigenvalue weighted by Gasteiger charge is -2.14. The Bertz CT molecular complexity index is 1290. The van der Waals surface area contributed by atoms with Gasteiger partial charge in [0.1, 0.15) is 0 Å². The van der Waals surface area contributed by atoms with E-state index in [9.17, 15) is 14.7 Å². The number of benzene rings is 2. The van der Waals surface area contributed by atoms with Gasteiger partial charge in [-0.25, -0.2) is 10.2 Å². The van der Waals surface area contributed by atoms with E-state index in [0.717, 1.165) is 22.5 Å². The van der Waals surface area contributed by atoms with Crippen molar-refractivity contribution in [2.45, 2.75) is 13.8 Å². The third-order valence-electron chi connectivity index (χ3n) is 4.90. The minimum atomic E-state index is -1.07. The van der Waals surface area contributed by atoms with Gasteiger partial charge in [-0.2, -0.15) is 10.3 Å². The third kappa shape index (κ3) is 4.15. The molecule has 0 radical (unpaired) electrons. The molecule has 0 bridgehead atoms. The molecule has 0 aliphatic rings. The summed E-state index contributed by atoms with van der Waals surface area (Å²) in [5.74, 6) is -1.04. The van der Waals surface area contributed by atoms with Gasteiger partial charge in [-0.1, -0.05) is 24.3 Å². The number of tetrazole rings is 1. The standard InChI is InChI=1S/C22H19N7O3/c1-13-3-4-14(2)29(13)19-11-17(9-10-18(19)22(31)32)21(30)26-23-12-15-5-7-16(8-6-15)20-24-27-28-25-20/h3-12H,1-2H3,(H,26,30)(H,31,32)(H,24,25,27,28)/b23-12-. The monoisotopic (exact) mass is 429 g/mol. The van der Waals surface area contributed by atoms with Crippen LogP contribution in [0.25, 0.3) is 17.1 Å². The van der Waals surface area contributed by atoms with Crippen LogP contribution >= 0.6 is 0 Å². The number of aromatic nitrogens is 5. The average molecular weight is 429 g/mol. The van der Waals surface area contributed by atoms with E-state index in [0.29, 0.717) is 17.1 Å². The van der Waals surface area contributed by atoms with Crippen molar-refractivity contribution in [1.82, 2.24) is 30.6 Å². The van der Waals surface area contributed by atoms with Crippen LogP contribution in [0.3, 0.4) is 0 Å². The number of aromatic amines is 1. The molecule has 0 spiro atoms. The van der Waals surface area contributed by atoms with Crippen molar-refractivity contribution in [3.8, 4) is 17.1 Å². The molecule has 2 heterocycles. The zero-order chi connectivity index (χ0) is 22.7. The Morgan fingerprint density at radius 1 is 1.06 bits per heavy atom. The van der Waals surface area contributed by atoms with E-state index < -0.39 is 11.9 Å². The smallest absolute Gasteiger partial charge is 0.337 e. The molecule has 10 nitrogen and oxygen atoms in total. The summed E-state index contributed by atoms with van der Waals surface area (Å²) in [6.45, 7) is 3.75. The Labute approximate surface area is 182 Å². The topological polar surface area (TPSA) is 138 Å². The third-order valence-corrected chi connectivity index (χ3v) is 4.90. The van der Waals surface area contributed by atoms with Crippen molar-refractivity contribution < 1.29 is 14.7 Å². The van der Waals surface area contributed by atoms with E-state index in [1.165, 1.54) is 18.3 Å². The summed E-state index contributed by atoms with van der Waals surface area (Å²) >= 11 is 0. The van der Waals surface area contributed by atoms with Gasteiger partial charge in [0.15, 0.2) is 0 Å². The normalized spacial score (nSPS) is 11.1. The number of carboxylic acids is 1. The lowest BCUT2D eigenvalue weighted by molar-refractivity contribution is 0.0696. The Morgan fingerprint density at radius 2 is 1.78 bits per heavy atom. The predicted octanol–water partition coefficient (Wildman–Crippen LogP) is 2.74. The number of hydrogen-bond acceptors (Lipinski definition) is 6. The van der Waals surface area contributed by atoms with Gasteiger partial charge in [0.2, 0.25) is 5.82 Å². The molecular weight excluding hydrogens is 410 g/mol. The SMILES string of the molecule is Cc1ccc(C)n1-c1cc(C(=O)N/N=C\c2ccc(-c3nn[nH]n3)cc2)ccc1C(=O)O. The highest BCUT2D eigenvalue weighted by molar-refractivity contribution is 5.98. The first-order chi connectivity index (χ1) is 15.4. The molecule has 4 rings (SSSR count). The number of aryl methyl sites for hydroxylation is 2. The summed E-state index contributed by atoms with van der Waals surface area (Å²) in [6.07, 6.45) is 1.50. The summed E-state index contributed by atoms with van der Waals surface area (Å²) in [5, 5.41) is 27.3. The molecule has 10 heteroatoms. The number of H-pyrrole nitrogens is 1. The Balaban J connectivity index is 1.52. The number of rotatable bonds is 6. The van der Waals surface area contributed by atoms with E-state index in [1.807, 2.05) is 38.1 Å². The number of hydrazone groups is 1. The van der Waals surface area contributed by atoms with Crippen LogP contribution in [0.5, 0.6) is 0 Å². The molecule has 3 N–H and O–H groups in total. The Kier molecular flexibility index (Phi) is 5.58. The molecule has 0 saturated carbocycles. The van der Waals surface area contributed by atoms with Crippen molar-refractivity contribution in [2.75, 3.05) is 0 Å². The number of nitrogens with zero attached hydrogens (tertiary/aromatic N) is 5. The summed E-state index contributed by atoms with van der Waals surface area (Å²) < 4.78 is 1.80. The Hall–Kier alpha value is -4.60. The van der Waals surface area contributed by atoms with Crippen molar-refractivity contribution in [3.05, 3.63) is 82.7 Å². The minimum absolute atomic E-state index is 0.106. The zero-order valence-corrected chi connectivity index (χ0v) is 17.3. The maximum absolute atomic E-state index is 12.6. The van der Waals surface area contributed by atoms with Crippen LogP contribution in [0, 0.1) is 13.8 Å². The van der Waals surface area contributed by atoms with Crippen molar-refractivity contribution in [3.63, 3.8) is 0 Å². The summed E-state index contributed by atoms with van der Waals surface area (Å²) in [7, 11) is 0. The fraction of sp³-hybridized carbons (Fsp3) is 0.0909. The average Bonchev–Trinajstić information content (AvgIpc) is 3.43. The second kappa shape index (κ2) is 8.64. The maximum Gasteiger partial charge on any atom is 0.337 e. The van der Waals surface area contributed by atoms with E-state index in [1.54, 1.807) is 22.8 Å². The molecule has 2 aromatic heterocycles. The number of carbonyl (C=O) groups excluding carboxylic acids is 1. The largest absolute Gasteiger partial charge is 0.478 e. The molecular formula is C22H19N7O3. The van der Waals surface area contributed by atoms with Gasteiger partial charge >= 0.3 is 5.97 Å². The number of nitrogens with one attached hydrogen (secondary N) is 2. The molecule has 0 aliphatic carbocycles. The molecule has 32 heavy (non-hydrogen) atoms. The predicted molar refractivity (Wildman–Crippen MR) is 117 cm³/mol. The van der Waals surface area contributed by atoms with Crippen LogP contribution in [0.15, 0.2) is 59.7 Å². The lowest BCUT2D eigenvalue weighted by atomic mass is 10.1. The van der Waals surface area contributed by atoms with Gasteiger partial charge in [-0.15, -0.1) is 10.2 Å². The first kappa shape index (κ1) is 20.7. The van der Waals surface area contributed by atoms with Gasteiger partial charge in [0, 0.05) is 22.5 Å². The molecule has 160 valence electrons. The molecule has 0 fully saturated rings. The lowest BCUT2D eigenvalue weighted by Crippen LogP contribution is -2.19. The highest BCUT2D eigenvalue weighted by Crippen LogP contribution is 2.22. The van der Waals surface area contributed by atoms with Gasteiger partial charge in [-0.3, -0.25) is 4.79 Å². The van der Waals surface area contributed by atoms with Gasteiger partial charge < -0.3 is 9.67 Å². The van der Waals surface area contributed by atoms with Crippen LogP contribution in [0.2, 0.25) is 0 Å². The summed E-state index contributed by atoms with van der Waals surface area (Å²) in [4.78, 5) is 24.3. The molecule has 0 unspecified atom stereocenters. The number of aromatic carboxylic acids is 1. The number of carbonyl (C=O) groups is 2. The highest BCUT2D eigenvalue weighted by atomic mass is 16.4. The number of hydrogen-bond donors (Lipinski definition) is 3. The number of carboxylic acid groups (broad SMARTS) is 1. The van der Waals surface area contributed by atoms with E-state index in [4.69, 9.17) is 0 Å². The van der Waals surface area contributed by atoms with Gasteiger partial charge in [0.25, 0.3) is 5.91 Å². The van der Waals surface area contributed by atoms with Gasteiger partial charge in [0.05, 0.1) is 17.5 Å². The van der Waals surface area contributed by atoms with Gasteiger partial charge in [-0.05, 0) is 55.0 Å². The molecule has 0 atom stereocenters. The van der Waals surface area contributed by atoms with Crippen LogP contribution in [0.4, 0.5) is 0 Å². The van der Waals surface area contributed by atoms with Crippen molar-refractivity contribution in [2.24, 2.45) is 5.10 Å². The van der Waals surface area contributed by atoms with E-state index >= 15 is 0 Å². The van der Waals surface area contributed by atoms with Crippen molar-refractivity contribution in [1.29, 1.82) is 0 Å². The molecule has 0 aliphatic heterocycles. The van der Waals surface area contributed by atoms with Crippen molar-refractivity contribution >= 4 is 18.1 Å². The number of amides is 1. The van der Waals surface area contributed by atoms with E-state index in [-0.39, 0.29) is 5.56 Å². The zero-order valence-electron chi connectivity index (χ0n) is 17.3. The van der Waals surface area contributed by atoms with Crippen LogP contribution < -0.4 is 5.43 Å². The molecule has 1 amide bonds. The highest BCUT2D eigenvalue weighted by Gasteiger charge is 2.17. The van der Waals surface area contributed by atoms with Crippen LogP contribution in [-0.4, -0.2) is 48.4 Å². The second-order valence-corrected chi connectivity index (χ2v) is 7.05. The fourth-order valence-corrected chi connectivity index (χ4v) is 3.32. The molecule has 2 aromatic carbocycles.